The van der Waals surface area contributed by atoms with Gasteiger partial charge in [0.25, 0.3) is 0 Å². The number of nitrogens with two attached hydrogens (primary N) is 1. The molecular weight excluding hydrogens is 300 g/mol. The van der Waals surface area contributed by atoms with Crippen molar-refractivity contribution in [1.82, 2.24) is 0 Å². The van der Waals surface area contributed by atoms with Crippen LogP contribution in [0.1, 0.15) is 43.7 Å². The number of rotatable bonds is 7. The van der Waals surface area contributed by atoms with E-state index in [-0.39, 0.29) is 10.5 Å². The largest absolute Gasteiger partial charge is 0.324 e. The monoisotopic (exact) mass is 317 g/mol. The van der Waals surface area contributed by atoms with E-state index in [0.717, 1.165) is 38.2 Å². The quantitative estimate of drug-likeness (QED) is 0.433. The molecule has 1 aromatic rings. The van der Waals surface area contributed by atoms with Crippen LogP contribution in [-0.4, -0.2) is 0 Å². The molecule has 4 heteroatoms. The normalized spacial score (nSPS) is 12.4. The van der Waals surface area contributed by atoms with E-state index in [1.807, 2.05) is 6.08 Å². The van der Waals surface area contributed by atoms with Crippen LogP contribution in [-0.2, 0) is 0 Å². The van der Waals surface area contributed by atoms with Crippen LogP contribution in [0.3, 0.4) is 0 Å². The number of halogens is 3. The molecule has 2 N–H and O–H groups in total. The first kappa shape index (κ1) is 15.3. The summed E-state index contributed by atoms with van der Waals surface area (Å²) >= 11 is 3.06. The lowest BCUT2D eigenvalue weighted by Crippen LogP contribution is -2.12. The van der Waals surface area contributed by atoms with Crippen molar-refractivity contribution in [2.45, 2.75) is 38.1 Å². The molecule has 0 fully saturated rings. The first-order valence-electron chi connectivity index (χ1n) is 6.07. The summed E-state index contributed by atoms with van der Waals surface area (Å²) in [5.74, 6) is -1.72. The average Bonchev–Trinajstić information content (AvgIpc) is 2.35. The highest BCUT2D eigenvalue weighted by Gasteiger charge is 2.15. The fraction of sp³-hybridized carbons (Fsp3) is 0.429. The average molecular weight is 318 g/mol. The van der Waals surface area contributed by atoms with Crippen LogP contribution in [0.5, 0.6) is 0 Å². The van der Waals surface area contributed by atoms with Crippen molar-refractivity contribution in [1.29, 1.82) is 0 Å². The Morgan fingerprint density at radius 3 is 2.67 bits per heavy atom. The maximum atomic E-state index is 13.4. The van der Waals surface area contributed by atoms with Crippen molar-refractivity contribution in [2.75, 3.05) is 0 Å². The van der Waals surface area contributed by atoms with E-state index >= 15 is 0 Å². The summed E-state index contributed by atoms with van der Waals surface area (Å²) in [5.41, 5.74) is 6.61. The van der Waals surface area contributed by atoms with E-state index in [0.29, 0.717) is 5.56 Å². The van der Waals surface area contributed by atoms with Crippen LogP contribution in [0.25, 0.3) is 0 Å². The summed E-state index contributed by atoms with van der Waals surface area (Å²) in [6.45, 7) is 3.66. The SMILES string of the molecule is C=CCCCCCC(N)c1ccc(F)c(F)c1Br. The van der Waals surface area contributed by atoms with E-state index in [4.69, 9.17) is 5.73 Å². The first-order chi connectivity index (χ1) is 8.57. The highest BCUT2D eigenvalue weighted by Crippen LogP contribution is 2.29. The molecule has 1 nitrogen and oxygen atoms in total. The zero-order valence-electron chi connectivity index (χ0n) is 10.3. The maximum Gasteiger partial charge on any atom is 0.173 e. The second-order valence-electron chi connectivity index (χ2n) is 4.30. The van der Waals surface area contributed by atoms with Crippen LogP contribution in [0.4, 0.5) is 8.78 Å². The Hall–Kier alpha value is -0.740. The molecule has 0 amide bonds. The summed E-state index contributed by atoms with van der Waals surface area (Å²) in [5, 5.41) is 0. The summed E-state index contributed by atoms with van der Waals surface area (Å²) in [7, 11) is 0. The summed E-state index contributed by atoms with van der Waals surface area (Å²) in [6, 6.07) is 2.39. The topological polar surface area (TPSA) is 26.0 Å². The van der Waals surface area contributed by atoms with Gasteiger partial charge in [0.2, 0.25) is 0 Å². The Balaban J connectivity index is 2.54. The zero-order chi connectivity index (χ0) is 13.5. The molecule has 0 radical (unpaired) electrons. The predicted molar refractivity (Wildman–Crippen MR) is 74.3 cm³/mol. The van der Waals surface area contributed by atoms with E-state index in [9.17, 15) is 8.78 Å². The van der Waals surface area contributed by atoms with E-state index in [2.05, 4.69) is 22.5 Å². The summed E-state index contributed by atoms with van der Waals surface area (Å²) < 4.78 is 26.5. The van der Waals surface area contributed by atoms with Gasteiger partial charge >= 0.3 is 0 Å². The molecule has 1 aromatic carbocycles. The van der Waals surface area contributed by atoms with Crippen molar-refractivity contribution in [2.24, 2.45) is 5.73 Å². The lowest BCUT2D eigenvalue weighted by Gasteiger charge is -2.14. The van der Waals surface area contributed by atoms with Gasteiger partial charge in [-0.05, 0) is 46.8 Å². The van der Waals surface area contributed by atoms with Crippen molar-refractivity contribution in [3.63, 3.8) is 0 Å². The zero-order valence-corrected chi connectivity index (χ0v) is 11.8. The predicted octanol–water partition coefficient (Wildman–Crippen LogP) is 4.86. The van der Waals surface area contributed by atoms with Crippen LogP contribution in [0.2, 0.25) is 0 Å². The summed E-state index contributed by atoms with van der Waals surface area (Å²) in [6.07, 6.45) is 6.80. The Morgan fingerprint density at radius 1 is 1.28 bits per heavy atom. The van der Waals surface area contributed by atoms with Crippen molar-refractivity contribution >= 4 is 15.9 Å². The fourth-order valence-electron chi connectivity index (χ4n) is 1.81. The number of allylic oxidation sites excluding steroid dienone is 1. The van der Waals surface area contributed by atoms with Crippen LogP contribution in [0, 0.1) is 11.6 Å². The molecule has 0 saturated heterocycles. The number of hydrogen-bond acceptors (Lipinski definition) is 1. The molecule has 1 atom stereocenters. The molecule has 18 heavy (non-hydrogen) atoms. The summed E-state index contributed by atoms with van der Waals surface area (Å²) in [4.78, 5) is 0. The Bertz CT molecular complexity index is 407. The first-order valence-corrected chi connectivity index (χ1v) is 6.87. The molecule has 0 aliphatic rings. The smallest absolute Gasteiger partial charge is 0.173 e. The van der Waals surface area contributed by atoms with Gasteiger partial charge in [0.05, 0.1) is 4.47 Å². The molecule has 0 spiro atoms. The molecule has 0 aliphatic carbocycles. The number of unbranched alkanes of at least 4 members (excludes halogenated alkanes) is 3. The lowest BCUT2D eigenvalue weighted by molar-refractivity contribution is 0.496. The second-order valence-corrected chi connectivity index (χ2v) is 5.09. The third kappa shape index (κ3) is 4.18. The van der Waals surface area contributed by atoms with Gasteiger partial charge in [-0.2, -0.15) is 0 Å². The second kappa shape index (κ2) is 7.64. The Morgan fingerprint density at radius 2 is 2.00 bits per heavy atom. The minimum Gasteiger partial charge on any atom is -0.324 e. The van der Waals surface area contributed by atoms with Gasteiger partial charge in [0, 0.05) is 6.04 Å². The highest BCUT2D eigenvalue weighted by molar-refractivity contribution is 9.10. The van der Waals surface area contributed by atoms with Crippen LogP contribution >= 0.6 is 15.9 Å². The van der Waals surface area contributed by atoms with Gasteiger partial charge in [-0.3, -0.25) is 0 Å². The Labute approximate surface area is 115 Å². The molecule has 1 rings (SSSR count). The molecule has 100 valence electrons. The van der Waals surface area contributed by atoms with Crippen LogP contribution in [0.15, 0.2) is 29.3 Å². The maximum absolute atomic E-state index is 13.4. The van der Waals surface area contributed by atoms with Gasteiger partial charge in [-0.1, -0.05) is 25.0 Å². The van der Waals surface area contributed by atoms with Crippen molar-refractivity contribution in [3.05, 3.63) is 46.5 Å². The minimum absolute atomic E-state index is 0.140. The molecule has 0 heterocycles. The van der Waals surface area contributed by atoms with Gasteiger partial charge in [-0.15, -0.1) is 6.58 Å². The molecule has 0 saturated carbocycles. The number of hydrogen-bond donors (Lipinski definition) is 1. The van der Waals surface area contributed by atoms with Crippen LogP contribution < -0.4 is 5.73 Å². The van der Waals surface area contributed by atoms with Gasteiger partial charge in [-0.25, -0.2) is 8.78 Å². The minimum atomic E-state index is -0.866. The lowest BCUT2D eigenvalue weighted by atomic mass is 10.0. The standard InChI is InChI=1S/C14H18BrF2N/c1-2-3-4-5-6-7-12(18)10-8-9-11(16)14(17)13(10)15/h2,8-9,12H,1,3-7,18H2. The molecule has 1 unspecified atom stereocenters. The van der Waals surface area contributed by atoms with E-state index < -0.39 is 11.6 Å². The molecular formula is C14H18BrF2N. The molecule has 0 aromatic heterocycles. The molecule has 0 aliphatic heterocycles. The third-order valence-electron chi connectivity index (χ3n) is 2.89. The van der Waals surface area contributed by atoms with Gasteiger partial charge in [0.15, 0.2) is 11.6 Å². The van der Waals surface area contributed by atoms with E-state index in [1.165, 1.54) is 6.07 Å². The fourth-order valence-corrected chi connectivity index (χ4v) is 2.43. The van der Waals surface area contributed by atoms with E-state index in [1.54, 1.807) is 0 Å². The number of benzene rings is 1. The van der Waals surface area contributed by atoms with Crippen molar-refractivity contribution < 1.29 is 8.78 Å². The molecule has 0 bridgehead atoms. The third-order valence-corrected chi connectivity index (χ3v) is 3.69. The van der Waals surface area contributed by atoms with Gasteiger partial charge in [0.1, 0.15) is 0 Å². The van der Waals surface area contributed by atoms with Gasteiger partial charge < -0.3 is 5.73 Å². The highest BCUT2D eigenvalue weighted by atomic mass is 79.9. The Kier molecular flexibility index (Phi) is 6.50. The van der Waals surface area contributed by atoms with Crippen molar-refractivity contribution in [3.8, 4) is 0 Å².